The highest BCUT2D eigenvalue weighted by molar-refractivity contribution is 7.98. The maximum atomic E-state index is 12.4. The highest BCUT2D eigenvalue weighted by atomic mass is 32.2. The fraction of sp³-hybridized carbons (Fsp3) is 0.312. The molecule has 122 valence electrons. The summed E-state index contributed by atoms with van der Waals surface area (Å²) in [6.45, 7) is 0. The number of thioether (sulfide) groups is 1. The van der Waals surface area contributed by atoms with Crippen molar-refractivity contribution < 1.29 is 14.3 Å². The predicted octanol–water partition coefficient (Wildman–Crippen LogP) is 2.61. The SMILES string of the molecule is COC(=O)C(CCSC)n1sc(C(=O)c2ccccc2)cc1=O. The topological polar surface area (TPSA) is 65.4 Å². The van der Waals surface area contributed by atoms with Crippen molar-refractivity contribution in [3.63, 3.8) is 0 Å². The van der Waals surface area contributed by atoms with Crippen LogP contribution in [0.3, 0.4) is 0 Å². The number of ketones is 1. The van der Waals surface area contributed by atoms with Crippen LogP contribution in [-0.4, -0.2) is 34.8 Å². The summed E-state index contributed by atoms with van der Waals surface area (Å²) in [5.74, 6) is 0.0214. The van der Waals surface area contributed by atoms with Crippen molar-refractivity contribution in [3.05, 3.63) is 57.2 Å². The molecule has 0 saturated carbocycles. The molecule has 7 heteroatoms. The first kappa shape index (κ1) is 17.5. The third kappa shape index (κ3) is 4.11. The maximum absolute atomic E-state index is 12.4. The molecule has 0 bridgehead atoms. The fourth-order valence-corrected chi connectivity index (χ4v) is 3.59. The molecule has 0 amide bonds. The van der Waals surface area contributed by atoms with Gasteiger partial charge in [-0.05, 0) is 18.4 Å². The van der Waals surface area contributed by atoms with Crippen LogP contribution in [0.15, 0.2) is 41.2 Å². The molecule has 1 aromatic carbocycles. The highest BCUT2D eigenvalue weighted by Crippen LogP contribution is 2.21. The van der Waals surface area contributed by atoms with Crippen LogP contribution in [0.1, 0.15) is 27.7 Å². The monoisotopic (exact) mass is 351 g/mol. The zero-order chi connectivity index (χ0) is 16.8. The van der Waals surface area contributed by atoms with E-state index in [0.29, 0.717) is 22.6 Å². The molecule has 0 spiro atoms. The van der Waals surface area contributed by atoms with Crippen LogP contribution in [0.5, 0.6) is 0 Å². The summed E-state index contributed by atoms with van der Waals surface area (Å²) < 4.78 is 6.12. The Morgan fingerprint density at radius 2 is 2.00 bits per heavy atom. The Morgan fingerprint density at radius 1 is 1.30 bits per heavy atom. The molecule has 0 N–H and O–H groups in total. The first-order valence-electron chi connectivity index (χ1n) is 6.98. The van der Waals surface area contributed by atoms with E-state index in [9.17, 15) is 14.4 Å². The number of aromatic nitrogens is 1. The second-order valence-electron chi connectivity index (χ2n) is 4.78. The highest BCUT2D eigenvalue weighted by Gasteiger charge is 2.25. The number of hydrogen-bond donors (Lipinski definition) is 0. The molecule has 2 aromatic rings. The lowest BCUT2D eigenvalue weighted by atomic mass is 10.1. The molecule has 1 atom stereocenters. The zero-order valence-electron chi connectivity index (χ0n) is 12.9. The Balaban J connectivity index is 2.34. The van der Waals surface area contributed by atoms with Gasteiger partial charge in [0.05, 0.1) is 12.0 Å². The third-order valence-electron chi connectivity index (χ3n) is 3.28. The minimum Gasteiger partial charge on any atom is -0.467 e. The van der Waals surface area contributed by atoms with Gasteiger partial charge in [0, 0.05) is 11.6 Å². The molecule has 2 rings (SSSR count). The fourth-order valence-electron chi connectivity index (χ4n) is 2.11. The number of esters is 1. The van der Waals surface area contributed by atoms with Gasteiger partial charge in [0.25, 0.3) is 5.56 Å². The minimum absolute atomic E-state index is 0.222. The van der Waals surface area contributed by atoms with Crippen LogP contribution in [-0.2, 0) is 9.53 Å². The molecular weight excluding hydrogens is 334 g/mol. The average molecular weight is 351 g/mol. The summed E-state index contributed by atoms with van der Waals surface area (Å²) >= 11 is 2.59. The number of carbonyl (C=O) groups excluding carboxylic acids is 2. The van der Waals surface area contributed by atoms with Crippen molar-refractivity contribution >= 4 is 35.0 Å². The number of benzene rings is 1. The molecule has 0 saturated heterocycles. The van der Waals surface area contributed by atoms with E-state index >= 15 is 0 Å². The van der Waals surface area contributed by atoms with Crippen LogP contribution < -0.4 is 5.56 Å². The van der Waals surface area contributed by atoms with E-state index in [4.69, 9.17) is 4.74 Å². The quantitative estimate of drug-likeness (QED) is 0.567. The predicted molar refractivity (Wildman–Crippen MR) is 92.5 cm³/mol. The number of rotatable bonds is 7. The van der Waals surface area contributed by atoms with Gasteiger partial charge in [0.2, 0.25) is 5.78 Å². The maximum Gasteiger partial charge on any atom is 0.330 e. The lowest BCUT2D eigenvalue weighted by molar-refractivity contribution is -0.144. The van der Waals surface area contributed by atoms with Crippen LogP contribution in [0.2, 0.25) is 0 Å². The van der Waals surface area contributed by atoms with Gasteiger partial charge in [-0.15, -0.1) is 0 Å². The summed E-state index contributed by atoms with van der Waals surface area (Å²) in [5.41, 5.74) is 0.158. The van der Waals surface area contributed by atoms with Crippen LogP contribution in [0.25, 0.3) is 0 Å². The molecule has 1 aromatic heterocycles. The van der Waals surface area contributed by atoms with E-state index in [1.165, 1.54) is 17.1 Å². The molecule has 0 aliphatic carbocycles. The van der Waals surface area contributed by atoms with E-state index in [0.717, 1.165) is 11.5 Å². The van der Waals surface area contributed by atoms with E-state index in [2.05, 4.69) is 0 Å². The smallest absolute Gasteiger partial charge is 0.330 e. The molecule has 0 fully saturated rings. The second-order valence-corrected chi connectivity index (χ2v) is 6.78. The van der Waals surface area contributed by atoms with Gasteiger partial charge < -0.3 is 4.74 Å². The van der Waals surface area contributed by atoms with E-state index < -0.39 is 12.0 Å². The summed E-state index contributed by atoms with van der Waals surface area (Å²) in [6.07, 6.45) is 2.41. The lowest BCUT2D eigenvalue weighted by Crippen LogP contribution is -2.27. The number of hydrogen-bond acceptors (Lipinski definition) is 6. The first-order valence-corrected chi connectivity index (χ1v) is 9.14. The van der Waals surface area contributed by atoms with Gasteiger partial charge in [-0.25, -0.2) is 8.75 Å². The molecular formula is C16H17NO4S2. The Labute approximate surface area is 142 Å². The Kier molecular flexibility index (Phi) is 6.18. The molecule has 23 heavy (non-hydrogen) atoms. The van der Waals surface area contributed by atoms with E-state index in [1.54, 1.807) is 36.0 Å². The second kappa shape index (κ2) is 8.12. The van der Waals surface area contributed by atoms with Crippen molar-refractivity contribution in [2.75, 3.05) is 19.1 Å². The van der Waals surface area contributed by atoms with Crippen LogP contribution in [0, 0.1) is 0 Å². The van der Waals surface area contributed by atoms with Gasteiger partial charge in [-0.2, -0.15) is 11.8 Å². The Morgan fingerprint density at radius 3 is 2.61 bits per heavy atom. The van der Waals surface area contributed by atoms with Crippen molar-refractivity contribution in [1.29, 1.82) is 0 Å². The van der Waals surface area contributed by atoms with Crippen molar-refractivity contribution in [3.8, 4) is 0 Å². The number of nitrogens with zero attached hydrogens (tertiary/aromatic N) is 1. The van der Waals surface area contributed by atoms with E-state index in [1.807, 2.05) is 12.3 Å². The average Bonchev–Trinajstić information content (AvgIpc) is 2.96. The number of carbonyl (C=O) groups is 2. The molecule has 0 aliphatic rings. The molecule has 0 aliphatic heterocycles. The standard InChI is InChI=1S/C16H17NO4S2/c1-21-16(20)12(8-9-22-2)17-14(18)10-13(23-17)15(19)11-6-4-3-5-7-11/h3-7,10,12H,8-9H2,1-2H3. The van der Waals surface area contributed by atoms with Gasteiger partial charge in [0.1, 0.15) is 6.04 Å². The van der Waals surface area contributed by atoms with Crippen LogP contribution in [0.4, 0.5) is 0 Å². The molecule has 1 unspecified atom stereocenters. The molecule has 0 radical (unpaired) electrons. The van der Waals surface area contributed by atoms with Crippen LogP contribution >= 0.6 is 23.3 Å². The Hall–Kier alpha value is -1.86. The first-order chi connectivity index (χ1) is 11.1. The van der Waals surface area contributed by atoms with Crippen molar-refractivity contribution in [2.45, 2.75) is 12.5 Å². The largest absolute Gasteiger partial charge is 0.467 e. The van der Waals surface area contributed by atoms with E-state index in [-0.39, 0.29) is 11.3 Å². The summed E-state index contributed by atoms with van der Waals surface area (Å²) in [6, 6.07) is 9.34. The lowest BCUT2D eigenvalue weighted by Gasteiger charge is -2.13. The van der Waals surface area contributed by atoms with Gasteiger partial charge >= 0.3 is 5.97 Å². The van der Waals surface area contributed by atoms with Gasteiger partial charge in [0.15, 0.2) is 0 Å². The van der Waals surface area contributed by atoms with Gasteiger partial charge in [-0.3, -0.25) is 9.59 Å². The minimum atomic E-state index is -0.692. The molecule has 5 nitrogen and oxygen atoms in total. The number of methoxy groups -OCH3 is 1. The van der Waals surface area contributed by atoms with Crippen molar-refractivity contribution in [1.82, 2.24) is 3.96 Å². The Bertz CT molecular complexity index is 736. The third-order valence-corrected chi connectivity index (χ3v) is 5.06. The van der Waals surface area contributed by atoms with Gasteiger partial charge in [-0.1, -0.05) is 41.9 Å². The molecule has 1 heterocycles. The number of ether oxygens (including phenoxy) is 1. The summed E-state index contributed by atoms with van der Waals surface area (Å²) in [5, 5.41) is 0. The zero-order valence-corrected chi connectivity index (χ0v) is 14.5. The summed E-state index contributed by atoms with van der Waals surface area (Å²) in [7, 11) is 1.29. The normalized spacial score (nSPS) is 11.9. The van der Waals surface area contributed by atoms with Crippen molar-refractivity contribution in [2.24, 2.45) is 0 Å². The summed E-state index contributed by atoms with van der Waals surface area (Å²) in [4.78, 5) is 36.9.